The number of aryl methyl sites for hydroxylation is 2. The van der Waals surface area contributed by atoms with Crippen molar-refractivity contribution in [2.45, 2.75) is 38.3 Å². The van der Waals surface area contributed by atoms with E-state index in [4.69, 9.17) is 26.8 Å². The molecule has 0 aliphatic carbocycles. The molecule has 2 unspecified atom stereocenters. The Hall–Kier alpha value is -3.02. The van der Waals surface area contributed by atoms with Crippen LogP contribution in [0.5, 0.6) is 11.5 Å². The summed E-state index contributed by atoms with van der Waals surface area (Å²) in [6, 6.07) is 19.5. The van der Waals surface area contributed by atoms with E-state index in [1.54, 1.807) is 14.2 Å². The van der Waals surface area contributed by atoms with Crippen LogP contribution in [-0.4, -0.2) is 31.6 Å². The van der Waals surface area contributed by atoms with E-state index in [-0.39, 0.29) is 11.9 Å². The maximum absolute atomic E-state index is 12.8. The molecule has 0 spiro atoms. The third kappa shape index (κ3) is 4.91. The minimum Gasteiger partial charge on any atom is -0.493 e. The number of hydrogen-bond acceptors (Lipinski definition) is 4. The van der Waals surface area contributed by atoms with Crippen LogP contribution in [0.4, 0.5) is 0 Å². The minimum absolute atomic E-state index is 0.0265. The molecule has 0 saturated heterocycles. The second-order valence-corrected chi connectivity index (χ2v) is 9.15. The van der Waals surface area contributed by atoms with Gasteiger partial charge in [-0.3, -0.25) is 9.69 Å². The lowest BCUT2D eigenvalue weighted by Crippen LogP contribution is -2.44. The maximum atomic E-state index is 12.8. The first-order valence-electron chi connectivity index (χ1n) is 11.5. The van der Waals surface area contributed by atoms with Crippen molar-refractivity contribution in [2.24, 2.45) is 5.73 Å². The maximum Gasteiger partial charge on any atom is 0.239 e. The average Bonchev–Trinajstić information content (AvgIpc) is 2.84. The van der Waals surface area contributed by atoms with E-state index in [9.17, 15) is 4.79 Å². The molecule has 178 valence electrons. The van der Waals surface area contributed by atoms with Crippen molar-refractivity contribution in [1.82, 2.24) is 4.90 Å². The molecule has 0 radical (unpaired) electrons. The highest BCUT2D eigenvalue weighted by Gasteiger charge is 2.36. The van der Waals surface area contributed by atoms with E-state index in [1.165, 1.54) is 11.1 Å². The van der Waals surface area contributed by atoms with Crippen molar-refractivity contribution >= 4 is 17.5 Å². The first kappa shape index (κ1) is 24.1. The number of hydrogen-bond donors (Lipinski definition) is 1. The SMILES string of the molecule is COc1cc2c(cc1OC)C(CCc1ccc(C)c(Cl)c1)N(C(C(N)=O)c1ccccc1)CC2. The Bertz CT molecular complexity index is 1170. The lowest BCUT2D eigenvalue weighted by Gasteiger charge is -2.41. The standard InChI is InChI=1S/C28H31ClN2O3/c1-18-9-10-19(15-23(18)29)11-12-24-22-17-26(34-3)25(33-2)16-21(22)13-14-31(24)27(28(30)32)20-7-5-4-6-8-20/h4-10,15-17,24,27H,11-14H2,1-3H3,(H2,30,32). The second kappa shape index (κ2) is 10.5. The third-order valence-electron chi connectivity index (χ3n) is 6.70. The molecule has 2 N–H and O–H groups in total. The van der Waals surface area contributed by atoms with E-state index in [0.717, 1.165) is 41.0 Å². The van der Waals surface area contributed by atoms with Gasteiger partial charge in [0.1, 0.15) is 6.04 Å². The molecule has 3 aromatic carbocycles. The van der Waals surface area contributed by atoms with Gasteiger partial charge in [-0.25, -0.2) is 0 Å². The molecule has 3 aromatic rings. The molecule has 0 fully saturated rings. The predicted molar refractivity (Wildman–Crippen MR) is 136 cm³/mol. The first-order chi connectivity index (χ1) is 16.4. The van der Waals surface area contributed by atoms with Crippen molar-refractivity contribution in [3.63, 3.8) is 0 Å². The quantitative estimate of drug-likeness (QED) is 0.469. The van der Waals surface area contributed by atoms with Gasteiger partial charge < -0.3 is 15.2 Å². The largest absolute Gasteiger partial charge is 0.493 e. The molecule has 1 aliphatic rings. The smallest absolute Gasteiger partial charge is 0.239 e. The van der Waals surface area contributed by atoms with Crippen molar-refractivity contribution in [1.29, 1.82) is 0 Å². The summed E-state index contributed by atoms with van der Waals surface area (Å²) in [5.74, 6) is 1.05. The summed E-state index contributed by atoms with van der Waals surface area (Å²) in [7, 11) is 3.29. The normalized spacial score (nSPS) is 16.5. The molecule has 0 bridgehead atoms. The van der Waals surface area contributed by atoms with Crippen molar-refractivity contribution < 1.29 is 14.3 Å². The van der Waals surface area contributed by atoms with E-state index >= 15 is 0 Å². The Morgan fingerprint density at radius 2 is 1.79 bits per heavy atom. The summed E-state index contributed by atoms with van der Waals surface area (Å²) in [6.07, 6.45) is 2.41. The van der Waals surface area contributed by atoms with E-state index in [0.29, 0.717) is 18.0 Å². The van der Waals surface area contributed by atoms with Gasteiger partial charge in [-0.2, -0.15) is 0 Å². The van der Waals surface area contributed by atoms with Gasteiger partial charge in [0.15, 0.2) is 11.5 Å². The number of rotatable bonds is 8. The van der Waals surface area contributed by atoms with Crippen LogP contribution in [-0.2, 0) is 17.6 Å². The van der Waals surface area contributed by atoms with Crippen molar-refractivity contribution in [3.05, 3.63) is 93.5 Å². The Kier molecular flexibility index (Phi) is 7.44. The summed E-state index contributed by atoms with van der Waals surface area (Å²) in [6.45, 7) is 2.71. The molecule has 1 heterocycles. The van der Waals surface area contributed by atoms with Gasteiger partial charge in [-0.15, -0.1) is 0 Å². The number of fused-ring (bicyclic) bond motifs is 1. The minimum atomic E-state index is -0.519. The zero-order chi connectivity index (χ0) is 24.2. The number of nitrogens with zero attached hydrogens (tertiary/aromatic N) is 1. The van der Waals surface area contributed by atoms with E-state index < -0.39 is 6.04 Å². The highest BCUT2D eigenvalue weighted by Crippen LogP contribution is 2.43. The number of halogens is 1. The lowest BCUT2D eigenvalue weighted by molar-refractivity contribution is -0.124. The topological polar surface area (TPSA) is 64.8 Å². The van der Waals surface area contributed by atoms with Crippen LogP contribution in [0.3, 0.4) is 0 Å². The number of amides is 1. The Morgan fingerprint density at radius 3 is 2.44 bits per heavy atom. The van der Waals surface area contributed by atoms with E-state index in [1.807, 2.05) is 49.4 Å². The number of benzene rings is 3. The molecule has 0 saturated carbocycles. The molecule has 1 amide bonds. The van der Waals surface area contributed by atoms with Crippen LogP contribution in [0.2, 0.25) is 5.02 Å². The van der Waals surface area contributed by atoms with E-state index in [2.05, 4.69) is 23.1 Å². The van der Waals surface area contributed by atoms with Gasteiger partial charge in [-0.1, -0.05) is 54.1 Å². The highest BCUT2D eigenvalue weighted by atomic mass is 35.5. The van der Waals surface area contributed by atoms with Gasteiger partial charge in [0.05, 0.1) is 14.2 Å². The van der Waals surface area contributed by atoms with Crippen molar-refractivity contribution in [3.8, 4) is 11.5 Å². The number of ether oxygens (including phenoxy) is 2. The Labute approximate surface area is 206 Å². The Balaban J connectivity index is 1.75. The number of primary amides is 1. The fraction of sp³-hybridized carbons (Fsp3) is 0.321. The summed E-state index contributed by atoms with van der Waals surface area (Å²) in [4.78, 5) is 15.0. The van der Waals surface area contributed by atoms with Crippen LogP contribution >= 0.6 is 11.6 Å². The molecule has 34 heavy (non-hydrogen) atoms. The van der Waals surface area contributed by atoms with Crippen LogP contribution in [0, 0.1) is 6.92 Å². The number of nitrogens with two attached hydrogens (primary N) is 1. The number of carbonyl (C=O) groups is 1. The third-order valence-corrected chi connectivity index (χ3v) is 7.11. The fourth-order valence-electron chi connectivity index (χ4n) is 4.93. The summed E-state index contributed by atoms with van der Waals surface area (Å²) < 4.78 is 11.2. The zero-order valence-corrected chi connectivity index (χ0v) is 20.6. The van der Waals surface area contributed by atoms with Gasteiger partial charge in [-0.05, 0) is 72.2 Å². The molecule has 0 aromatic heterocycles. The van der Waals surface area contributed by atoms with Gasteiger partial charge in [0.2, 0.25) is 5.91 Å². The average molecular weight is 479 g/mol. The summed E-state index contributed by atoms with van der Waals surface area (Å²) in [5.41, 5.74) is 11.5. The zero-order valence-electron chi connectivity index (χ0n) is 19.9. The number of methoxy groups -OCH3 is 2. The first-order valence-corrected chi connectivity index (χ1v) is 11.9. The molecule has 5 nitrogen and oxygen atoms in total. The predicted octanol–water partition coefficient (Wildman–Crippen LogP) is 5.42. The summed E-state index contributed by atoms with van der Waals surface area (Å²) in [5, 5.41) is 0.768. The summed E-state index contributed by atoms with van der Waals surface area (Å²) >= 11 is 6.39. The Morgan fingerprint density at radius 1 is 1.09 bits per heavy atom. The highest BCUT2D eigenvalue weighted by molar-refractivity contribution is 6.31. The van der Waals surface area contributed by atoms with Gasteiger partial charge >= 0.3 is 0 Å². The lowest BCUT2D eigenvalue weighted by atomic mass is 9.86. The molecular weight excluding hydrogens is 448 g/mol. The van der Waals surface area contributed by atoms with Crippen molar-refractivity contribution in [2.75, 3.05) is 20.8 Å². The second-order valence-electron chi connectivity index (χ2n) is 8.75. The van der Waals surface area contributed by atoms with Crippen LogP contribution in [0.25, 0.3) is 0 Å². The van der Waals surface area contributed by atoms with Crippen LogP contribution in [0.15, 0.2) is 60.7 Å². The number of carbonyl (C=O) groups excluding carboxylic acids is 1. The molecular formula is C28H31ClN2O3. The monoisotopic (exact) mass is 478 g/mol. The van der Waals surface area contributed by atoms with Gasteiger partial charge in [0.25, 0.3) is 0 Å². The van der Waals surface area contributed by atoms with Crippen LogP contribution < -0.4 is 15.2 Å². The fourth-order valence-corrected chi connectivity index (χ4v) is 5.13. The molecule has 4 rings (SSSR count). The van der Waals surface area contributed by atoms with Crippen LogP contribution in [0.1, 0.15) is 46.3 Å². The van der Waals surface area contributed by atoms with Gasteiger partial charge in [0, 0.05) is 17.6 Å². The molecule has 6 heteroatoms. The molecule has 2 atom stereocenters. The molecule has 1 aliphatic heterocycles.